The van der Waals surface area contributed by atoms with E-state index in [1.165, 1.54) is 0 Å². The molecule has 0 spiro atoms. The van der Waals surface area contributed by atoms with Crippen LogP contribution in [0, 0.1) is 0 Å². The predicted octanol–water partition coefficient (Wildman–Crippen LogP) is 3.34. The summed E-state index contributed by atoms with van der Waals surface area (Å²) in [5, 5.41) is 0. The van der Waals surface area contributed by atoms with E-state index in [9.17, 15) is 0 Å². The van der Waals surface area contributed by atoms with Gasteiger partial charge in [0, 0.05) is 0 Å². The minimum atomic E-state index is 0.698. The standard InChI is InChI=1S/C6H10O2.2C2H6/c1-5-6(2)8-4-3-7-5;2*1-2/h3-4H2,1-2H3;2*1-2H3. The second-order valence-corrected chi connectivity index (χ2v) is 1.81. The lowest BCUT2D eigenvalue weighted by atomic mass is 10.4. The first-order chi connectivity index (χ1) is 5.80. The summed E-state index contributed by atoms with van der Waals surface area (Å²) in [6, 6.07) is 0. The Balaban J connectivity index is 0. The largest absolute Gasteiger partial charge is 0.491 e. The molecule has 0 radical (unpaired) electrons. The third-order valence-corrected chi connectivity index (χ3v) is 1.22. The molecule has 1 aliphatic heterocycles. The highest BCUT2D eigenvalue weighted by atomic mass is 16.6. The van der Waals surface area contributed by atoms with Gasteiger partial charge in [-0.05, 0) is 13.8 Å². The lowest BCUT2D eigenvalue weighted by Crippen LogP contribution is -2.10. The maximum Gasteiger partial charge on any atom is 0.130 e. The van der Waals surface area contributed by atoms with Crippen LogP contribution in [0.25, 0.3) is 0 Å². The van der Waals surface area contributed by atoms with Crippen molar-refractivity contribution in [2.24, 2.45) is 0 Å². The molecular formula is C10H22O2. The first-order valence-corrected chi connectivity index (χ1v) is 4.74. The molecule has 0 unspecified atom stereocenters. The van der Waals surface area contributed by atoms with Gasteiger partial charge in [0.1, 0.15) is 24.7 Å². The lowest BCUT2D eigenvalue weighted by molar-refractivity contribution is 0.0648. The average molecular weight is 174 g/mol. The summed E-state index contributed by atoms with van der Waals surface area (Å²) in [6.07, 6.45) is 0. The first-order valence-electron chi connectivity index (χ1n) is 4.74. The van der Waals surface area contributed by atoms with Gasteiger partial charge in [-0.2, -0.15) is 0 Å². The molecule has 2 nitrogen and oxygen atoms in total. The highest BCUT2D eigenvalue weighted by Crippen LogP contribution is 2.10. The summed E-state index contributed by atoms with van der Waals surface area (Å²) < 4.78 is 10.3. The third kappa shape index (κ3) is 6.08. The zero-order valence-electron chi connectivity index (χ0n) is 9.23. The van der Waals surface area contributed by atoms with Crippen molar-refractivity contribution in [2.75, 3.05) is 13.2 Å². The minimum absolute atomic E-state index is 0.698. The summed E-state index contributed by atoms with van der Waals surface area (Å²) >= 11 is 0. The van der Waals surface area contributed by atoms with Crippen molar-refractivity contribution < 1.29 is 9.47 Å². The van der Waals surface area contributed by atoms with E-state index in [0.717, 1.165) is 11.5 Å². The molecule has 1 rings (SSSR count). The Morgan fingerprint density at radius 1 is 0.750 bits per heavy atom. The van der Waals surface area contributed by atoms with E-state index < -0.39 is 0 Å². The second kappa shape index (κ2) is 10.3. The molecule has 1 aliphatic rings. The number of hydrogen-bond donors (Lipinski definition) is 0. The van der Waals surface area contributed by atoms with Gasteiger partial charge in [0.05, 0.1) is 0 Å². The number of ether oxygens (including phenoxy) is 2. The SMILES string of the molecule is CC.CC.CC1=C(C)OCCO1. The molecule has 2 heteroatoms. The molecule has 1 heterocycles. The van der Waals surface area contributed by atoms with Gasteiger partial charge in [0.15, 0.2) is 0 Å². The number of hydrogen-bond acceptors (Lipinski definition) is 2. The molecule has 74 valence electrons. The topological polar surface area (TPSA) is 18.5 Å². The molecule has 0 atom stereocenters. The Hall–Kier alpha value is -0.660. The van der Waals surface area contributed by atoms with E-state index in [0.29, 0.717) is 13.2 Å². The summed E-state index contributed by atoms with van der Waals surface area (Å²) in [5.74, 6) is 1.83. The van der Waals surface area contributed by atoms with Crippen molar-refractivity contribution >= 4 is 0 Å². The third-order valence-electron chi connectivity index (χ3n) is 1.22. The quantitative estimate of drug-likeness (QED) is 0.560. The second-order valence-electron chi connectivity index (χ2n) is 1.81. The Morgan fingerprint density at radius 2 is 1.00 bits per heavy atom. The molecule has 0 fully saturated rings. The van der Waals surface area contributed by atoms with Crippen LogP contribution in [0.2, 0.25) is 0 Å². The van der Waals surface area contributed by atoms with Crippen molar-refractivity contribution in [3.8, 4) is 0 Å². The van der Waals surface area contributed by atoms with Crippen LogP contribution in [-0.2, 0) is 9.47 Å². The normalized spacial score (nSPS) is 14.2. The summed E-state index contributed by atoms with van der Waals surface area (Å²) in [5.41, 5.74) is 0. The summed E-state index contributed by atoms with van der Waals surface area (Å²) in [4.78, 5) is 0. The Labute approximate surface area is 76.6 Å². The van der Waals surface area contributed by atoms with Crippen LogP contribution in [0.5, 0.6) is 0 Å². The highest BCUT2D eigenvalue weighted by Gasteiger charge is 2.04. The molecular weight excluding hydrogens is 152 g/mol. The van der Waals surface area contributed by atoms with Gasteiger partial charge in [-0.25, -0.2) is 0 Å². The maximum atomic E-state index is 5.14. The van der Waals surface area contributed by atoms with Crippen LogP contribution in [0.3, 0.4) is 0 Å². The molecule has 0 aliphatic carbocycles. The van der Waals surface area contributed by atoms with Gasteiger partial charge in [-0.1, -0.05) is 27.7 Å². The summed E-state index contributed by atoms with van der Waals surface area (Å²) in [7, 11) is 0. The fraction of sp³-hybridized carbons (Fsp3) is 0.800. The Bertz CT molecular complexity index is 103. The molecule has 0 aromatic carbocycles. The fourth-order valence-corrected chi connectivity index (χ4v) is 0.593. The Morgan fingerprint density at radius 3 is 1.17 bits per heavy atom. The van der Waals surface area contributed by atoms with Crippen LogP contribution in [0.4, 0.5) is 0 Å². The van der Waals surface area contributed by atoms with Crippen molar-refractivity contribution in [3.63, 3.8) is 0 Å². The van der Waals surface area contributed by atoms with Crippen LogP contribution in [-0.4, -0.2) is 13.2 Å². The van der Waals surface area contributed by atoms with Crippen molar-refractivity contribution in [1.29, 1.82) is 0 Å². The molecule has 0 amide bonds. The Kier molecular flexibility index (Phi) is 12.0. The molecule has 0 saturated heterocycles. The van der Waals surface area contributed by atoms with Gasteiger partial charge < -0.3 is 9.47 Å². The van der Waals surface area contributed by atoms with Gasteiger partial charge in [-0.15, -0.1) is 0 Å². The monoisotopic (exact) mass is 174 g/mol. The van der Waals surface area contributed by atoms with Gasteiger partial charge in [0.25, 0.3) is 0 Å². The van der Waals surface area contributed by atoms with Gasteiger partial charge >= 0.3 is 0 Å². The van der Waals surface area contributed by atoms with Crippen LogP contribution in [0.1, 0.15) is 41.5 Å². The molecule has 0 aromatic heterocycles. The molecule has 0 bridgehead atoms. The van der Waals surface area contributed by atoms with Crippen molar-refractivity contribution in [3.05, 3.63) is 11.5 Å². The van der Waals surface area contributed by atoms with Gasteiger partial charge in [0.2, 0.25) is 0 Å². The highest BCUT2D eigenvalue weighted by molar-refractivity contribution is 4.96. The average Bonchev–Trinajstić information content (AvgIpc) is 2.17. The zero-order valence-corrected chi connectivity index (χ0v) is 9.23. The van der Waals surface area contributed by atoms with Crippen LogP contribution < -0.4 is 0 Å². The van der Waals surface area contributed by atoms with E-state index in [4.69, 9.17) is 9.47 Å². The first kappa shape index (κ1) is 13.9. The molecule has 12 heavy (non-hydrogen) atoms. The zero-order chi connectivity index (χ0) is 9.98. The number of allylic oxidation sites excluding steroid dienone is 2. The molecule has 0 saturated carbocycles. The smallest absolute Gasteiger partial charge is 0.130 e. The lowest BCUT2D eigenvalue weighted by Gasteiger charge is -2.16. The molecule has 0 aromatic rings. The van der Waals surface area contributed by atoms with Crippen LogP contribution >= 0.6 is 0 Å². The van der Waals surface area contributed by atoms with E-state index in [1.54, 1.807) is 0 Å². The fourth-order valence-electron chi connectivity index (χ4n) is 0.593. The van der Waals surface area contributed by atoms with E-state index in [1.807, 2.05) is 41.5 Å². The minimum Gasteiger partial charge on any atom is -0.491 e. The number of rotatable bonds is 0. The summed E-state index contributed by atoms with van der Waals surface area (Å²) in [6.45, 7) is 13.2. The van der Waals surface area contributed by atoms with E-state index in [2.05, 4.69) is 0 Å². The van der Waals surface area contributed by atoms with E-state index >= 15 is 0 Å². The van der Waals surface area contributed by atoms with Crippen molar-refractivity contribution in [2.45, 2.75) is 41.5 Å². The maximum absolute atomic E-state index is 5.14. The predicted molar refractivity (Wildman–Crippen MR) is 53.0 cm³/mol. The van der Waals surface area contributed by atoms with Gasteiger partial charge in [-0.3, -0.25) is 0 Å². The van der Waals surface area contributed by atoms with Crippen molar-refractivity contribution in [1.82, 2.24) is 0 Å². The van der Waals surface area contributed by atoms with Crippen LogP contribution in [0.15, 0.2) is 11.5 Å². The molecule has 0 N–H and O–H groups in total. The van der Waals surface area contributed by atoms with E-state index in [-0.39, 0.29) is 0 Å².